The number of para-hydroxylation sites is 1. The van der Waals surface area contributed by atoms with Gasteiger partial charge in [-0.15, -0.1) is 0 Å². The number of hydrogen-bond acceptors (Lipinski definition) is 3. The number of hydrogen-bond donors (Lipinski definition) is 1. The van der Waals surface area contributed by atoms with Crippen LogP contribution in [0.5, 0.6) is 5.75 Å². The largest absolute Gasteiger partial charge is 0.481 e. The third-order valence-electron chi connectivity index (χ3n) is 2.80. The molecule has 2 aromatic rings. The maximum Gasteiger partial charge on any atom is 0.265 e. The van der Waals surface area contributed by atoms with Crippen LogP contribution in [0.4, 0.5) is 5.69 Å². The number of ether oxygens (including phenoxy) is 1. The van der Waals surface area contributed by atoms with Crippen LogP contribution >= 0.6 is 11.6 Å². The Balaban J connectivity index is 2.03. The minimum atomic E-state index is -0.696. The van der Waals surface area contributed by atoms with Gasteiger partial charge >= 0.3 is 0 Å². The first-order chi connectivity index (χ1) is 10.1. The van der Waals surface area contributed by atoms with Gasteiger partial charge in [0.15, 0.2) is 6.10 Å². The van der Waals surface area contributed by atoms with Crippen molar-refractivity contribution in [3.8, 4) is 11.8 Å². The van der Waals surface area contributed by atoms with Crippen molar-refractivity contribution in [1.29, 1.82) is 5.26 Å². The van der Waals surface area contributed by atoms with Crippen LogP contribution in [0.3, 0.4) is 0 Å². The summed E-state index contributed by atoms with van der Waals surface area (Å²) in [6.07, 6.45) is -0.696. The van der Waals surface area contributed by atoms with Gasteiger partial charge in [0.25, 0.3) is 5.91 Å². The average Bonchev–Trinajstić information content (AvgIpc) is 2.50. The van der Waals surface area contributed by atoms with Gasteiger partial charge in [-0.05, 0) is 43.3 Å². The lowest BCUT2D eigenvalue weighted by Gasteiger charge is -2.15. The number of carbonyl (C=O) groups excluding carboxylic acids is 1. The number of halogens is 1. The Morgan fingerprint density at radius 3 is 2.57 bits per heavy atom. The van der Waals surface area contributed by atoms with Crippen LogP contribution in [-0.4, -0.2) is 12.0 Å². The molecule has 106 valence electrons. The number of nitriles is 1. The Bertz CT molecular complexity index is 677. The molecule has 0 aliphatic rings. The van der Waals surface area contributed by atoms with E-state index in [4.69, 9.17) is 21.6 Å². The van der Waals surface area contributed by atoms with Gasteiger partial charge < -0.3 is 10.1 Å². The van der Waals surface area contributed by atoms with Gasteiger partial charge in [-0.2, -0.15) is 5.26 Å². The number of rotatable bonds is 4. The zero-order valence-corrected chi connectivity index (χ0v) is 12.1. The minimum absolute atomic E-state index is 0.326. The third kappa shape index (κ3) is 3.98. The molecule has 4 nitrogen and oxygen atoms in total. The number of nitrogens with one attached hydrogen (secondary N) is 1. The molecule has 0 fully saturated rings. The normalized spacial score (nSPS) is 11.3. The van der Waals surface area contributed by atoms with Crippen molar-refractivity contribution in [2.45, 2.75) is 13.0 Å². The van der Waals surface area contributed by atoms with Crippen LogP contribution in [0.2, 0.25) is 5.02 Å². The lowest BCUT2D eigenvalue weighted by molar-refractivity contribution is -0.122. The second-order valence-corrected chi connectivity index (χ2v) is 4.80. The molecule has 21 heavy (non-hydrogen) atoms. The summed E-state index contributed by atoms with van der Waals surface area (Å²) in [6, 6.07) is 15.6. The highest BCUT2D eigenvalue weighted by atomic mass is 35.5. The summed E-state index contributed by atoms with van der Waals surface area (Å²) in [6.45, 7) is 1.64. The molecule has 1 atom stereocenters. The molecule has 0 heterocycles. The van der Waals surface area contributed by atoms with E-state index in [-0.39, 0.29) is 5.91 Å². The van der Waals surface area contributed by atoms with Crippen molar-refractivity contribution in [3.63, 3.8) is 0 Å². The fraction of sp³-hybridized carbons (Fsp3) is 0.125. The molecule has 5 heteroatoms. The lowest BCUT2D eigenvalue weighted by atomic mass is 10.2. The van der Waals surface area contributed by atoms with E-state index in [1.165, 1.54) is 0 Å². The van der Waals surface area contributed by atoms with E-state index in [2.05, 4.69) is 5.32 Å². The molecule has 2 rings (SSSR count). The molecule has 2 aromatic carbocycles. The standard InChI is InChI=1S/C16H13ClN2O2/c1-11(21-14-8-6-13(17)7-9-14)16(20)19-15-5-3-2-4-12(15)10-18/h2-9,11H,1H3,(H,19,20)/t11-/m0/s1. The number of amides is 1. The zero-order valence-electron chi connectivity index (χ0n) is 11.3. The van der Waals surface area contributed by atoms with Crippen molar-refractivity contribution in [3.05, 3.63) is 59.1 Å². The maximum absolute atomic E-state index is 12.1. The summed E-state index contributed by atoms with van der Waals surface area (Å²) in [5, 5.41) is 12.3. The van der Waals surface area contributed by atoms with E-state index in [1.54, 1.807) is 55.5 Å². The molecular formula is C16H13ClN2O2. The summed E-state index contributed by atoms with van der Waals surface area (Å²) < 4.78 is 5.52. The number of carbonyl (C=O) groups is 1. The molecular weight excluding hydrogens is 288 g/mol. The second kappa shape index (κ2) is 6.78. The molecule has 1 N–H and O–H groups in total. The summed E-state index contributed by atoms with van der Waals surface area (Å²) in [4.78, 5) is 12.1. The molecule has 0 bridgehead atoms. The van der Waals surface area contributed by atoms with Gasteiger partial charge in [0, 0.05) is 5.02 Å². The molecule has 1 amide bonds. The smallest absolute Gasteiger partial charge is 0.265 e. The Labute approximate surface area is 127 Å². The average molecular weight is 301 g/mol. The van der Waals surface area contributed by atoms with Crippen molar-refractivity contribution in [1.82, 2.24) is 0 Å². The van der Waals surface area contributed by atoms with Gasteiger partial charge in [-0.25, -0.2) is 0 Å². The van der Waals surface area contributed by atoms with Crippen molar-refractivity contribution in [2.24, 2.45) is 0 Å². The summed E-state index contributed by atoms with van der Waals surface area (Å²) in [5.41, 5.74) is 0.876. The maximum atomic E-state index is 12.1. The van der Waals surface area contributed by atoms with Crippen LogP contribution in [-0.2, 0) is 4.79 Å². The molecule has 0 radical (unpaired) electrons. The van der Waals surface area contributed by atoms with E-state index >= 15 is 0 Å². The van der Waals surface area contributed by atoms with Crippen molar-refractivity contribution < 1.29 is 9.53 Å². The van der Waals surface area contributed by atoms with E-state index in [0.717, 1.165) is 0 Å². The van der Waals surface area contributed by atoms with Crippen LogP contribution in [0.15, 0.2) is 48.5 Å². The highest BCUT2D eigenvalue weighted by molar-refractivity contribution is 6.30. The van der Waals surface area contributed by atoms with Crippen LogP contribution in [0, 0.1) is 11.3 Å². The Morgan fingerprint density at radius 1 is 1.24 bits per heavy atom. The highest BCUT2D eigenvalue weighted by Crippen LogP contribution is 2.18. The van der Waals surface area contributed by atoms with Crippen molar-refractivity contribution >= 4 is 23.2 Å². The molecule has 0 aliphatic heterocycles. The lowest BCUT2D eigenvalue weighted by Crippen LogP contribution is -2.30. The number of benzene rings is 2. The predicted octanol–water partition coefficient (Wildman–Crippen LogP) is 3.62. The Kier molecular flexibility index (Phi) is 4.81. The van der Waals surface area contributed by atoms with E-state index in [0.29, 0.717) is 22.0 Å². The van der Waals surface area contributed by atoms with E-state index in [9.17, 15) is 4.79 Å². The van der Waals surface area contributed by atoms with Gasteiger partial charge in [0.05, 0.1) is 11.3 Å². The SMILES string of the molecule is C[C@H](Oc1ccc(Cl)cc1)C(=O)Nc1ccccc1C#N. The monoisotopic (exact) mass is 300 g/mol. The molecule has 0 aromatic heterocycles. The van der Waals surface area contributed by atoms with Gasteiger partial charge in [0.2, 0.25) is 0 Å². The first-order valence-corrected chi connectivity index (χ1v) is 6.70. The summed E-state index contributed by atoms with van der Waals surface area (Å²) in [7, 11) is 0. The molecule has 0 aliphatic carbocycles. The fourth-order valence-corrected chi connectivity index (χ4v) is 1.82. The molecule has 0 saturated carbocycles. The fourth-order valence-electron chi connectivity index (χ4n) is 1.69. The minimum Gasteiger partial charge on any atom is -0.481 e. The zero-order chi connectivity index (χ0) is 15.2. The molecule has 0 saturated heterocycles. The summed E-state index contributed by atoms with van der Waals surface area (Å²) in [5.74, 6) is 0.225. The quantitative estimate of drug-likeness (QED) is 0.938. The van der Waals surface area contributed by atoms with Gasteiger partial charge in [-0.1, -0.05) is 23.7 Å². The van der Waals surface area contributed by atoms with Gasteiger partial charge in [-0.3, -0.25) is 4.79 Å². The first kappa shape index (κ1) is 14.9. The Hall–Kier alpha value is -2.51. The summed E-state index contributed by atoms with van der Waals surface area (Å²) >= 11 is 5.79. The van der Waals surface area contributed by atoms with Crippen molar-refractivity contribution in [2.75, 3.05) is 5.32 Å². The molecule has 0 spiro atoms. The topological polar surface area (TPSA) is 62.1 Å². The molecule has 0 unspecified atom stereocenters. The van der Waals surface area contributed by atoms with Crippen LogP contribution < -0.4 is 10.1 Å². The first-order valence-electron chi connectivity index (χ1n) is 6.32. The van der Waals surface area contributed by atoms with Gasteiger partial charge in [0.1, 0.15) is 11.8 Å². The third-order valence-corrected chi connectivity index (χ3v) is 3.05. The predicted molar refractivity (Wildman–Crippen MR) is 81.3 cm³/mol. The Morgan fingerprint density at radius 2 is 1.90 bits per heavy atom. The van der Waals surface area contributed by atoms with E-state index in [1.807, 2.05) is 6.07 Å². The number of nitrogens with zero attached hydrogens (tertiary/aromatic N) is 1. The highest BCUT2D eigenvalue weighted by Gasteiger charge is 2.16. The van der Waals surface area contributed by atoms with Crippen LogP contribution in [0.25, 0.3) is 0 Å². The number of anilines is 1. The van der Waals surface area contributed by atoms with Crippen LogP contribution in [0.1, 0.15) is 12.5 Å². The second-order valence-electron chi connectivity index (χ2n) is 4.36. The van der Waals surface area contributed by atoms with E-state index < -0.39 is 6.10 Å².